The van der Waals surface area contributed by atoms with E-state index in [1.807, 2.05) is 12.1 Å². The largest absolute Gasteiger partial charge is 1.00 e. The first kappa shape index (κ1) is 18.8. The minimum Gasteiger partial charge on any atom is -1.00 e. The second kappa shape index (κ2) is 7.35. The molecule has 2 aromatic carbocycles. The molecule has 0 saturated carbocycles. The predicted molar refractivity (Wildman–Crippen MR) is 104 cm³/mol. The van der Waals surface area contributed by atoms with Gasteiger partial charge in [0.15, 0.2) is 0 Å². The molecule has 6 heteroatoms. The molecule has 1 aliphatic rings. The fourth-order valence-corrected chi connectivity index (χ4v) is 4.42. The van der Waals surface area contributed by atoms with Crippen molar-refractivity contribution in [1.29, 1.82) is 0 Å². The van der Waals surface area contributed by atoms with Crippen LogP contribution in [0.25, 0.3) is 17.0 Å². The Morgan fingerprint density at radius 2 is 1.76 bits per heavy atom. The number of benzene rings is 2. The van der Waals surface area contributed by atoms with Gasteiger partial charge in [0, 0.05) is 35.5 Å². The Bertz CT molecular complexity index is 1000. The van der Waals surface area contributed by atoms with Crippen LogP contribution >= 0.6 is 35.0 Å². The molecule has 1 aliphatic heterocycles. The van der Waals surface area contributed by atoms with Crippen molar-refractivity contribution in [2.24, 2.45) is 7.05 Å². The van der Waals surface area contributed by atoms with Gasteiger partial charge in [-0.1, -0.05) is 47.1 Å². The SMILES string of the molecule is CN1/C(=C/c2ccc3ccccc3[n+]2C)Sc2cc(Cl)c(Cl)cc21.[I-]. The summed E-state index contributed by atoms with van der Waals surface area (Å²) in [5.41, 5.74) is 3.44. The van der Waals surface area contributed by atoms with Crippen LogP contribution in [0.3, 0.4) is 0 Å². The molecule has 3 aromatic rings. The summed E-state index contributed by atoms with van der Waals surface area (Å²) in [6.07, 6.45) is 2.19. The van der Waals surface area contributed by atoms with E-state index in [9.17, 15) is 0 Å². The monoisotopic (exact) mass is 500 g/mol. The normalized spacial score (nSPS) is 14.7. The molecule has 0 aliphatic carbocycles. The van der Waals surface area contributed by atoms with E-state index in [-0.39, 0.29) is 24.0 Å². The van der Waals surface area contributed by atoms with E-state index in [4.69, 9.17) is 23.2 Å². The van der Waals surface area contributed by atoms with Gasteiger partial charge in [-0.15, -0.1) is 0 Å². The number of para-hydroxylation sites is 1. The average Bonchev–Trinajstić information content (AvgIpc) is 2.87. The van der Waals surface area contributed by atoms with E-state index in [1.54, 1.807) is 11.8 Å². The van der Waals surface area contributed by atoms with Gasteiger partial charge >= 0.3 is 0 Å². The number of thioether (sulfide) groups is 1. The Morgan fingerprint density at radius 1 is 1.04 bits per heavy atom. The van der Waals surface area contributed by atoms with Crippen molar-refractivity contribution in [2.75, 3.05) is 11.9 Å². The molecule has 1 aromatic heterocycles. The Morgan fingerprint density at radius 3 is 2.56 bits per heavy atom. The third-order valence-corrected chi connectivity index (χ3v) is 6.17. The van der Waals surface area contributed by atoms with E-state index >= 15 is 0 Å². The second-order valence-electron chi connectivity index (χ2n) is 5.75. The topological polar surface area (TPSA) is 7.12 Å². The van der Waals surface area contributed by atoms with E-state index in [2.05, 4.69) is 66.0 Å². The van der Waals surface area contributed by atoms with Crippen LogP contribution in [0.2, 0.25) is 10.0 Å². The maximum absolute atomic E-state index is 6.16. The van der Waals surface area contributed by atoms with Gasteiger partial charge in [0.25, 0.3) is 0 Å². The number of nitrogens with zero attached hydrogens (tertiary/aromatic N) is 2. The molecule has 0 radical (unpaired) electrons. The van der Waals surface area contributed by atoms with Gasteiger partial charge in [0.05, 0.1) is 20.8 Å². The molecule has 2 nitrogen and oxygen atoms in total. The molecule has 0 N–H and O–H groups in total. The molecule has 0 atom stereocenters. The number of rotatable bonds is 1. The number of aromatic nitrogens is 1. The lowest BCUT2D eigenvalue weighted by Gasteiger charge is -2.13. The summed E-state index contributed by atoms with van der Waals surface area (Å²) in [5.74, 6) is 0. The Balaban J connectivity index is 0.00000182. The molecule has 0 bridgehead atoms. The summed E-state index contributed by atoms with van der Waals surface area (Å²) >= 11 is 14.0. The first-order valence-electron chi connectivity index (χ1n) is 7.55. The second-order valence-corrected chi connectivity index (χ2v) is 7.63. The van der Waals surface area contributed by atoms with E-state index in [0.717, 1.165) is 21.3 Å². The Kier molecular flexibility index (Phi) is 5.54. The van der Waals surface area contributed by atoms with E-state index in [0.29, 0.717) is 10.0 Å². The van der Waals surface area contributed by atoms with Gasteiger partial charge in [-0.2, -0.15) is 4.57 Å². The maximum atomic E-state index is 6.16. The van der Waals surface area contributed by atoms with Gasteiger partial charge < -0.3 is 28.9 Å². The lowest BCUT2D eigenvalue weighted by molar-refractivity contribution is -0.646. The molecule has 0 amide bonds. The zero-order valence-electron chi connectivity index (χ0n) is 13.6. The van der Waals surface area contributed by atoms with Crippen LogP contribution in [0.5, 0.6) is 0 Å². The molecule has 128 valence electrons. The highest BCUT2D eigenvalue weighted by Crippen LogP contribution is 2.48. The molecule has 0 fully saturated rings. The van der Waals surface area contributed by atoms with Crippen LogP contribution in [0.15, 0.2) is 58.5 Å². The Labute approximate surface area is 178 Å². The quantitative estimate of drug-likeness (QED) is 0.374. The number of halogens is 3. The van der Waals surface area contributed by atoms with Crippen molar-refractivity contribution < 1.29 is 28.5 Å². The number of hydrogen-bond donors (Lipinski definition) is 0. The van der Waals surface area contributed by atoms with E-state index in [1.165, 1.54) is 10.9 Å². The molecule has 25 heavy (non-hydrogen) atoms. The fraction of sp³-hybridized carbons (Fsp3) is 0.105. The smallest absolute Gasteiger partial charge is 0.212 e. The van der Waals surface area contributed by atoms with Gasteiger partial charge in [-0.25, -0.2) is 0 Å². The zero-order valence-corrected chi connectivity index (χ0v) is 18.1. The minimum atomic E-state index is 0. The van der Waals surface area contributed by atoms with Crippen LogP contribution in [-0.2, 0) is 7.05 Å². The number of fused-ring (bicyclic) bond motifs is 2. The summed E-state index contributed by atoms with van der Waals surface area (Å²) in [6.45, 7) is 0. The molecule has 0 saturated heterocycles. The van der Waals surface area contributed by atoms with Crippen LogP contribution < -0.4 is 33.4 Å². The van der Waals surface area contributed by atoms with Crippen molar-refractivity contribution in [3.63, 3.8) is 0 Å². The van der Waals surface area contributed by atoms with Gasteiger partial charge in [0.1, 0.15) is 7.05 Å². The van der Waals surface area contributed by atoms with Gasteiger partial charge in [0.2, 0.25) is 11.2 Å². The first-order valence-corrected chi connectivity index (χ1v) is 9.12. The van der Waals surface area contributed by atoms with Crippen molar-refractivity contribution in [3.8, 4) is 0 Å². The van der Waals surface area contributed by atoms with Crippen LogP contribution in [0.1, 0.15) is 5.69 Å². The molecule has 0 spiro atoms. The molecular weight excluding hydrogens is 486 g/mol. The van der Waals surface area contributed by atoms with Gasteiger partial charge in [-0.3, -0.25) is 0 Å². The zero-order chi connectivity index (χ0) is 16.8. The number of pyridine rings is 1. The highest BCUT2D eigenvalue weighted by molar-refractivity contribution is 8.03. The Hall–Kier alpha value is -0.950. The third kappa shape index (κ3) is 3.37. The van der Waals surface area contributed by atoms with Crippen molar-refractivity contribution in [2.45, 2.75) is 4.90 Å². The average molecular weight is 501 g/mol. The summed E-state index contributed by atoms with van der Waals surface area (Å²) in [6, 6.07) is 16.5. The fourth-order valence-electron chi connectivity index (χ4n) is 2.92. The van der Waals surface area contributed by atoms with Gasteiger partial charge in [-0.05, 0) is 24.3 Å². The van der Waals surface area contributed by atoms with Crippen molar-refractivity contribution >= 4 is 57.6 Å². The molecule has 4 rings (SSSR count). The molecule has 0 unspecified atom stereocenters. The summed E-state index contributed by atoms with van der Waals surface area (Å²) in [4.78, 5) is 3.28. The standard InChI is InChI=1S/C19H15Cl2N2S.HI/c1-22-13(8-7-12-5-3-4-6-16(12)22)9-19-23(2)17-10-14(20)15(21)11-18(17)24-19;/h3-11H,1-2H3;1H/q+1;/p-1. The summed E-state index contributed by atoms with van der Waals surface area (Å²) in [5, 5.41) is 3.56. The highest BCUT2D eigenvalue weighted by atomic mass is 127. The summed E-state index contributed by atoms with van der Waals surface area (Å²) < 4.78 is 2.21. The number of anilines is 1. The highest BCUT2D eigenvalue weighted by Gasteiger charge is 2.24. The molecule has 2 heterocycles. The number of hydrogen-bond acceptors (Lipinski definition) is 2. The van der Waals surface area contributed by atoms with Crippen LogP contribution in [0, 0.1) is 0 Å². The number of aryl methyl sites for hydroxylation is 1. The van der Waals surface area contributed by atoms with Crippen LogP contribution in [0.4, 0.5) is 5.69 Å². The molecular formula is C19H15Cl2IN2S. The maximum Gasteiger partial charge on any atom is 0.212 e. The predicted octanol–water partition coefficient (Wildman–Crippen LogP) is 2.52. The van der Waals surface area contributed by atoms with Crippen LogP contribution in [-0.4, -0.2) is 7.05 Å². The third-order valence-electron chi connectivity index (χ3n) is 4.30. The van der Waals surface area contributed by atoms with Crippen molar-refractivity contribution in [3.05, 3.63) is 69.3 Å². The summed E-state index contributed by atoms with van der Waals surface area (Å²) in [7, 11) is 4.14. The van der Waals surface area contributed by atoms with E-state index < -0.39 is 0 Å². The van der Waals surface area contributed by atoms with Crippen molar-refractivity contribution in [1.82, 2.24) is 0 Å². The minimum absolute atomic E-state index is 0. The lowest BCUT2D eigenvalue weighted by Crippen LogP contribution is -3.00. The lowest BCUT2D eigenvalue weighted by atomic mass is 10.2. The first-order chi connectivity index (χ1) is 11.5.